The van der Waals surface area contributed by atoms with Gasteiger partial charge in [-0.25, -0.2) is 9.97 Å². The predicted molar refractivity (Wildman–Crippen MR) is 59.0 cm³/mol. The first-order chi connectivity index (χ1) is 7.43. The van der Waals surface area contributed by atoms with Crippen LogP contribution in [0.4, 0.5) is 5.82 Å². The molecule has 5 nitrogen and oxygen atoms in total. The first kappa shape index (κ1) is 8.67. The minimum Gasteiger partial charge on any atom is -0.354 e. The highest BCUT2D eigenvalue weighted by atomic mass is 15.2. The Morgan fingerprint density at radius 3 is 2.93 bits per heavy atom. The van der Waals surface area contributed by atoms with Gasteiger partial charge in [0.15, 0.2) is 5.65 Å². The van der Waals surface area contributed by atoms with Gasteiger partial charge in [-0.15, -0.1) is 0 Å². The lowest BCUT2D eigenvalue weighted by Gasteiger charge is -2.28. The van der Waals surface area contributed by atoms with Crippen LogP contribution in [-0.4, -0.2) is 41.1 Å². The monoisotopic (exact) mass is 203 g/mol. The Labute approximate surface area is 87.5 Å². The Bertz CT molecular complexity index is 458. The number of H-pyrrole nitrogens is 1. The van der Waals surface area contributed by atoms with E-state index in [1.54, 1.807) is 6.33 Å². The third-order valence-electron chi connectivity index (χ3n) is 2.71. The second-order valence-electron chi connectivity index (χ2n) is 3.68. The van der Waals surface area contributed by atoms with Crippen LogP contribution in [0.25, 0.3) is 11.2 Å². The lowest BCUT2D eigenvalue weighted by Crippen LogP contribution is -2.43. The summed E-state index contributed by atoms with van der Waals surface area (Å²) in [6.45, 7) is 4.09. The van der Waals surface area contributed by atoms with Crippen molar-refractivity contribution in [3.05, 3.63) is 18.5 Å². The number of aromatic nitrogens is 3. The third-order valence-corrected chi connectivity index (χ3v) is 2.71. The van der Waals surface area contributed by atoms with Crippen molar-refractivity contribution >= 4 is 17.0 Å². The number of fused-ring (bicyclic) bond motifs is 1. The maximum atomic E-state index is 4.51. The van der Waals surface area contributed by atoms with Gasteiger partial charge in [0, 0.05) is 26.2 Å². The number of rotatable bonds is 1. The van der Waals surface area contributed by atoms with Crippen LogP contribution in [0.5, 0.6) is 0 Å². The van der Waals surface area contributed by atoms with Crippen molar-refractivity contribution in [1.82, 2.24) is 20.3 Å². The molecular weight excluding hydrogens is 190 g/mol. The van der Waals surface area contributed by atoms with Crippen LogP contribution in [0.3, 0.4) is 0 Å². The first-order valence-electron chi connectivity index (χ1n) is 5.19. The van der Waals surface area contributed by atoms with Gasteiger partial charge in [0.1, 0.15) is 5.82 Å². The first-order valence-corrected chi connectivity index (χ1v) is 5.19. The van der Waals surface area contributed by atoms with Gasteiger partial charge in [0.05, 0.1) is 11.8 Å². The van der Waals surface area contributed by atoms with Crippen molar-refractivity contribution in [3.8, 4) is 0 Å². The molecule has 78 valence electrons. The van der Waals surface area contributed by atoms with Gasteiger partial charge in [-0.3, -0.25) is 0 Å². The molecule has 0 amide bonds. The standard InChI is InChI=1S/C10H13N5/c1-2-9(15-5-3-11-4-6-15)14-10-8(1)12-7-13-10/h1-2,7,11H,3-6H2,(H,12,13,14). The Hall–Kier alpha value is -1.62. The van der Waals surface area contributed by atoms with E-state index in [0.717, 1.165) is 43.2 Å². The van der Waals surface area contributed by atoms with Crippen LogP contribution in [0.2, 0.25) is 0 Å². The van der Waals surface area contributed by atoms with E-state index in [1.165, 1.54) is 0 Å². The van der Waals surface area contributed by atoms with Gasteiger partial charge in [-0.2, -0.15) is 0 Å². The van der Waals surface area contributed by atoms with Gasteiger partial charge in [0.2, 0.25) is 0 Å². The fourth-order valence-electron chi connectivity index (χ4n) is 1.88. The van der Waals surface area contributed by atoms with Crippen LogP contribution in [0.15, 0.2) is 18.5 Å². The third kappa shape index (κ3) is 1.55. The van der Waals surface area contributed by atoms with Crippen LogP contribution in [0, 0.1) is 0 Å². The van der Waals surface area contributed by atoms with Crippen LogP contribution >= 0.6 is 0 Å². The average molecular weight is 203 g/mol. The summed E-state index contributed by atoms with van der Waals surface area (Å²) in [5.41, 5.74) is 1.79. The predicted octanol–water partition coefficient (Wildman–Crippen LogP) is 0.367. The van der Waals surface area contributed by atoms with E-state index in [-0.39, 0.29) is 0 Å². The fourth-order valence-corrected chi connectivity index (χ4v) is 1.88. The molecule has 0 bridgehead atoms. The number of nitrogens with zero attached hydrogens (tertiary/aromatic N) is 3. The van der Waals surface area contributed by atoms with E-state index in [9.17, 15) is 0 Å². The summed E-state index contributed by atoms with van der Waals surface area (Å²) in [7, 11) is 0. The van der Waals surface area contributed by atoms with E-state index in [1.807, 2.05) is 12.1 Å². The number of hydrogen-bond donors (Lipinski definition) is 2. The van der Waals surface area contributed by atoms with Gasteiger partial charge >= 0.3 is 0 Å². The van der Waals surface area contributed by atoms with E-state index in [0.29, 0.717) is 0 Å². The second kappa shape index (κ2) is 3.51. The summed E-state index contributed by atoms with van der Waals surface area (Å²) < 4.78 is 0. The SMILES string of the molecule is c1nc2nc(N3CCNCC3)ccc2[nH]1. The molecule has 1 fully saturated rings. The molecule has 3 heterocycles. The largest absolute Gasteiger partial charge is 0.354 e. The highest BCUT2D eigenvalue weighted by Gasteiger charge is 2.12. The lowest BCUT2D eigenvalue weighted by atomic mass is 10.3. The molecular formula is C10H13N5. The highest BCUT2D eigenvalue weighted by Crippen LogP contribution is 2.15. The smallest absolute Gasteiger partial charge is 0.179 e. The molecule has 1 aliphatic heterocycles. The van der Waals surface area contributed by atoms with E-state index >= 15 is 0 Å². The summed E-state index contributed by atoms with van der Waals surface area (Å²) in [6.07, 6.45) is 1.68. The number of nitrogens with one attached hydrogen (secondary N) is 2. The maximum Gasteiger partial charge on any atom is 0.179 e. The Morgan fingerprint density at radius 1 is 1.20 bits per heavy atom. The van der Waals surface area contributed by atoms with Gasteiger partial charge in [-0.05, 0) is 12.1 Å². The Morgan fingerprint density at radius 2 is 2.07 bits per heavy atom. The van der Waals surface area contributed by atoms with E-state index < -0.39 is 0 Å². The molecule has 0 saturated carbocycles. The molecule has 0 unspecified atom stereocenters. The Kier molecular flexibility index (Phi) is 2.03. The Balaban J connectivity index is 1.95. The molecule has 0 aromatic carbocycles. The highest BCUT2D eigenvalue weighted by molar-refractivity contribution is 5.72. The minimum absolute atomic E-state index is 0.797. The molecule has 1 aliphatic rings. The fraction of sp³-hybridized carbons (Fsp3) is 0.400. The zero-order valence-corrected chi connectivity index (χ0v) is 8.40. The van der Waals surface area contributed by atoms with Crippen LogP contribution in [0.1, 0.15) is 0 Å². The number of pyridine rings is 1. The minimum atomic E-state index is 0.797. The van der Waals surface area contributed by atoms with Gasteiger partial charge in [-0.1, -0.05) is 0 Å². The summed E-state index contributed by atoms with van der Waals surface area (Å²) >= 11 is 0. The van der Waals surface area contributed by atoms with Crippen LogP contribution < -0.4 is 10.2 Å². The van der Waals surface area contributed by atoms with Crippen molar-refractivity contribution in [2.45, 2.75) is 0 Å². The van der Waals surface area contributed by atoms with Crippen molar-refractivity contribution < 1.29 is 0 Å². The second-order valence-corrected chi connectivity index (χ2v) is 3.68. The lowest BCUT2D eigenvalue weighted by molar-refractivity contribution is 0.585. The van der Waals surface area contributed by atoms with Crippen molar-refractivity contribution in [2.75, 3.05) is 31.1 Å². The van der Waals surface area contributed by atoms with E-state index in [2.05, 4.69) is 25.2 Å². The van der Waals surface area contributed by atoms with E-state index in [4.69, 9.17) is 0 Å². The zero-order chi connectivity index (χ0) is 10.1. The molecule has 0 atom stereocenters. The van der Waals surface area contributed by atoms with Crippen molar-refractivity contribution in [1.29, 1.82) is 0 Å². The normalized spacial score (nSPS) is 17.2. The molecule has 2 aromatic rings. The number of anilines is 1. The topological polar surface area (TPSA) is 56.8 Å². The zero-order valence-electron chi connectivity index (χ0n) is 8.40. The van der Waals surface area contributed by atoms with Crippen molar-refractivity contribution in [2.24, 2.45) is 0 Å². The summed E-state index contributed by atoms with van der Waals surface area (Å²) in [5, 5.41) is 3.33. The van der Waals surface area contributed by atoms with Crippen molar-refractivity contribution in [3.63, 3.8) is 0 Å². The summed E-state index contributed by atoms with van der Waals surface area (Å²) in [5.74, 6) is 1.02. The molecule has 0 radical (unpaired) electrons. The maximum absolute atomic E-state index is 4.51. The van der Waals surface area contributed by atoms with Crippen LogP contribution in [-0.2, 0) is 0 Å². The molecule has 2 aromatic heterocycles. The number of aromatic amines is 1. The van der Waals surface area contributed by atoms with Gasteiger partial charge in [0.25, 0.3) is 0 Å². The molecule has 2 N–H and O–H groups in total. The molecule has 5 heteroatoms. The molecule has 0 spiro atoms. The molecule has 3 rings (SSSR count). The molecule has 0 aliphatic carbocycles. The molecule has 15 heavy (non-hydrogen) atoms. The van der Waals surface area contributed by atoms with Gasteiger partial charge < -0.3 is 15.2 Å². The number of imidazole rings is 1. The summed E-state index contributed by atoms with van der Waals surface area (Å²) in [4.78, 5) is 14.0. The molecule has 1 saturated heterocycles. The summed E-state index contributed by atoms with van der Waals surface area (Å²) in [6, 6.07) is 4.08. The number of hydrogen-bond acceptors (Lipinski definition) is 4. The quantitative estimate of drug-likeness (QED) is 0.703. The number of piperazine rings is 1. The average Bonchev–Trinajstić information content (AvgIpc) is 2.77.